The van der Waals surface area contributed by atoms with E-state index in [0.29, 0.717) is 17.5 Å². The predicted octanol–water partition coefficient (Wildman–Crippen LogP) is 4.07. The SMILES string of the molecule is O=C(c1ccc(Br)cc1F)C1CCOC2(CCSC2)C1. The first-order valence-corrected chi connectivity index (χ1v) is 8.75. The summed E-state index contributed by atoms with van der Waals surface area (Å²) in [5, 5.41) is 0. The van der Waals surface area contributed by atoms with Crippen molar-refractivity contribution in [1.82, 2.24) is 0 Å². The number of thioether (sulfide) groups is 1. The summed E-state index contributed by atoms with van der Waals surface area (Å²) in [4.78, 5) is 12.6. The molecule has 5 heteroatoms. The number of ether oxygens (including phenoxy) is 1. The molecule has 0 aliphatic carbocycles. The van der Waals surface area contributed by atoms with Gasteiger partial charge < -0.3 is 4.74 Å². The van der Waals surface area contributed by atoms with Crippen molar-refractivity contribution in [3.8, 4) is 0 Å². The van der Waals surface area contributed by atoms with Crippen molar-refractivity contribution in [2.75, 3.05) is 18.1 Å². The number of carbonyl (C=O) groups excluding carboxylic acids is 1. The van der Waals surface area contributed by atoms with E-state index in [9.17, 15) is 9.18 Å². The summed E-state index contributed by atoms with van der Waals surface area (Å²) in [5.74, 6) is 1.42. The van der Waals surface area contributed by atoms with Gasteiger partial charge in [-0.05, 0) is 43.2 Å². The highest BCUT2D eigenvalue weighted by atomic mass is 79.9. The molecule has 0 amide bonds. The van der Waals surface area contributed by atoms with Gasteiger partial charge in [-0.15, -0.1) is 0 Å². The molecule has 1 spiro atoms. The Kier molecular flexibility index (Phi) is 4.20. The minimum Gasteiger partial charge on any atom is -0.374 e. The van der Waals surface area contributed by atoms with Gasteiger partial charge >= 0.3 is 0 Å². The Labute approximate surface area is 130 Å². The second kappa shape index (κ2) is 5.78. The highest BCUT2D eigenvalue weighted by Gasteiger charge is 2.42. The molecule has 2 aliphatic rings. The molecule has 1 aromatic rings. The molecular weight excluding hydrogens is 343 g/mol. The van der Waals surface area contributed by atoms with Crippen LogP contribution in [0.1, 0.15) is 29.6 Å². The molecule has 0 aromatic heterocycles. The molecule has 2 saturated heterocycles. The summed E-state index contributed by atoms with van der Waals surface area (Å²) in [7, 11) is 0. The molecule has 108 valence electrons. The van der Waals surface area contributed by atoms with Crippen LogP contribution in [0, 0.1) is 11.7 Å². The summed E-state index contributed by atoms with van der Waals surface area (Å²) in [6, 6.07) is 4.65. The molecule has 1 aromatic carbocycles. The first kappa shape index (κ1) is 14.5. The van der Waals surface area contributed by atoms with Gasteiger partial charge in [0.15, 0.2) is 5.78 Å². The van der Waals surface area contributed by atoms with Gasteiger partial charge in [-0.25, -0.2) is 4.39 Å². The van der Waals surface area contributed by atoms with Crippen molar-refractivity contribution in [1.29, 1.82) is 0 Å². The summed E-state index contributed by atoms with van der Waals surface area (Å²) in [6.07, 6.45) is 2.43. The van der Waals surface area contributed by atoms with Crippen molar-refractivity contribution < 1.29 is 13.9 Å². The van der Waals surface area contributed by atoms with Crippen LogP contribution in [-0.4, -0.2) is 29.5 Å². The normalized spacial score (nSPS) is 29.8. The van der Waals surface area contributed by atoms with Gasteiger partial charge in [0.25, 0.3) is 0 Å². The van der Waals surface area contributed by atoms with E-state index in [1.54, 1.807) is 12.1 Å². The molecule has 20 heavy (non-hydrogen) atoms. The van der Waals surface area contributed by atoms with Gasteiger partial charge in [0.05, 0.1) is 11.2 Å². The number of hydrogen-bond acceptors (Lipinski definition) is 3. The molecule has 2 heterocycles. The van der Waals surface area contributed by atoms with Gasteiger partial charge in [0.2, 0.25) is 0 Å². The third-order valence-electron chi connectivity index (χ3n) is 4.13. The molecule has 0 N–H and O–H groups in total. The van der Waals surface area contributed by atoms with E-state index in [1.807, 2.05) is 11.8 Å². The second-order valence-corrected chi connectivity index (χ2v) is 7.53. The van der Waals surface area contributed by atoms with Crippen molar-refractivity contribution in [3.05, 3.63) is 34.1 Å². The average Bonchev–Trinajstić information content (AvgIpc) is 2.86. The third-order valence-corrected chi connectivity index (χ3v) is 5.84. The highest BCUT2D eigenvalue weighted by Crippen LogP contribution is 2.41. The van der Waals surface area contributed by atoms with Gasteiger partial charge in [0.1, 0.15) is 5.82 Å². The van der Waals surface area contributed by atoms with Gasteiger partial charge in [0, 0.05) is 22.8 Å². The number of rotatable bonds is 2. The van der Waals surface area contributed by atoms with Crippen molar-refractivity contribution in [3.63, 3.8) is 0 Å². The van der Waals surface area contributed by atoms with Crippen LogP contribution < -0.4 is 0 Å². The topological polar surface area (TPSA) is 26.3 Å². The van der Waals surface area contributed by atoms with E-state index in [1.165, 1.54) is 6.07 Å². The van der Waals surface area contributed by atoms with Crippen LogP contribution in [0.2, 0.25) is 0 Å². The number of ketones is 1. The lowest BCUT2D eigenvalue weighted by molar-refractivity contribution is -0.0735. The average molecular weight is 359 g/mol. The number of benzene rings is 1. The minimum absolute atomic E-state index is 0.0745. The van der Waals surface area contributed by atoms with Crippen LogP contribution in [0.5, 0.6) is 0 Å². The smallest absolute Gasteiger partial charge is 0.169 e. The Morgan fingerprint density at radius 3 is 3.05 bits per heavy atom. The molecule has 2 aliphatic heterocycles. The predicted molar refractivity (Wildman–Crippen MR) is 81.8 cm³/mol. The second-order valence-electron chi connectivity index (χ2n) is 5.51. The van der Waals surface area contributed by atoms with Crippen LogP contribution in [-0.2, 0) is 4.74 Å². The van der Waals surface area contributed by atoms with E-state index >= 15 is 0 Å². The van der Waals surface area contributed by atoms with Crippen LogP contribution in [0.3, 0.4) is 0 Å². The number of hydrogen-bond donors (Lipinski definition) is 0. The maximum Gasteiger partial charge on any atom is 0.169 e. The molecule has 0 bridgehead atoms. The van der Waals surface area contributed by atoms with Gasteiger partial charge in [-0.3, -0.25) is 4.79 Å². The van der Waals surface area contributed by atoms with Crippen molar-refractivity contribution in [2.24, 2.45) is 5.92 Å². The Balaban J connectivity index is 1.79. The maximum absolute atomic E-state index is 13.9. The first-order valence-electron chi connectivity index (χ1n) is 6.81. The summed E-state index contributed by atoms with van der Waals surface area (Å²) >= 11 is 5.09. The lowest BCUT2D eigenvalue weighted by Crippen LogP contribution is -2.42. The van der Waals surface area contributed by atoms with Gasteiger partial charge in [-0.2, -0.15) is 11.8 Å². The number of carbonyl (C=O) groups is 1. The zero-order valence-corrected chi connectivity index (χ0v) is 13.4. The summed E-state index contributed by atoms with van der Waals surface area (Å²) in [6.45, 7) is 0.606. The minimum atomic E-state index is -0.439. The van der Waals surface area contributed by atoms with Crippen LogP contribution in [0.25, 0.3) is 0 Å². The third kappa shape index (κ3) is 2.81. The van der Waals surface area contributed by atoms with E-state index in [2.05, 4.69) is 15.9 Å². The standard InChI is InChI=1S/C15H16BrFO2S/c16-11-1-2-12(13(17)7-11)14(18)10-3-5-19-15(8-10)4-6-20-9-15/h1-2,7,10H,3-6,8-9H2. The zero-order valence-electron chi connectivity index (χ0n) is 11.0. The van der Waals surface area contributed by atoms with Crippen LogP contribution in [0.15, 0.2) is 22.7 Å². The molecule has 3 rings (SSSR count). The number of halogens is 2. The molecule has 2 atom stereocenters. The molecule has 2 fully saturated rings. The van der Waals surface area contributed by atoms with E-state index in [0.717, 1.165) is 24.3 Å². The fraction of sp³-hybridized carbons (Fsp3) is 0.533. The first-order chi connectivity index (χ1) is 9.60. The van der Waals surface area contributed by atoms with E-state index in [4.69, 9.17) is 4.74 Å². The Morgan fingerprint density at radius 2 is 2.35 bits per heavy atom. The molecule has 2 nitrogen and oxygen atoms in total. The fourth-order valence-electron chi connectivity index (χ4n) is 3.02. The highest BCUT2D eigenvalue weighted by molar-refractivity contribution is 9.10. The molecule has 0 radical (unpaired) electrons. The van der Waals surface area contributed by atoms with Crippen LogP contribution >= 0.6 is 27.7 Å². The lowest BCUT2D eigenvalue weighted by atomic mass is 9.81. The molecule has 0 saturated carbocycles. The maximum atomic E-state index is 13.9. The fourth-order valence-corrected chi connectivity index (χ4v) is 4.74. The largest absolute Gasteiger partial charge is 0.374 e. The lowest BCUT2D eigenvalue weighted by Gasteiger charge is -2.37. The summed E-state index contributed by atoms with van der Waals surface area (Å²) < 4.78 is 20.5. The Hall–Kier alpha value is -0.390. The zero-order chi connectivity index (χ0) is 14.2. The quantitative estimate of drug-likeness (QED) is 0.745. The van der Waals surface area contributed by atoms with Crippen molar-refractivity contribution in [2.45, 2.75) is 24.9 Å². The van der Waals surface area contributed by atoms with Gasteiger partial charge in [-0.1, -0.05) is 15.9 Å². The monoisotopic (exact) mass is 358 g/mol. The Bertz CT molecular complexity index is 529. The van der Waals surface area contributed by atoms with E-state index in [-0.39, 0.29) is 22.9 Å². The molecule has 2 unspecified atom stereocenters. The van der Waals surface area contributed by atoms with Crippen molar-refractivity contribution >= 4 is 33.5 Å². The molecular formula is C15H16BrFO2S. The summed E-state index contributed by atoms with van der Waals surface area (Å²) in [5.41, 5.74) is 0.0654. The van der Waals surface area contributed by atoms with Crippen LogP contribution in [0.4, 0.5) is 4.39 Å². The number of Topliss-reactive ketones (excluding diaryl/α,β-unsaturated/α-hetero) is 1. The Morgan fingerprint density at radius 1 is 1.50 bits per heavy atom. The van der Waals surface area contributed by atoms with E-state index < -0.39 is 5.82 Å².